The van der Waals surface area contributed by atoms with Crippen LogP contribution in [-0.4, -0.2) is 35.5 Å². The van der Waals surface area contributed by atoms with Gasteiger partial charge in [0.15, 0.2) is 0 Å². The van der Waals surface area contributed by atoms with Gasteiger partial charge in [-0.1, -0.05) is 68.8 Å². The van der Waals surface area contributed by atoms with Crippen molar-refractivity contribution in [2.75, 3.05) is 6.61 Å². The molecule has 28 heavy (non-hydrogen) atoms. The number of hydrogen-bond donors (Lipinski definition) is 1. The monoisotopic (exact) mass is 377 g/mol. The molecular formula is C22H23N3O3. The molecule has 0 unspecified atom stereocenters. The maximum Gasteiger partial charge on any atom is 0.407 e. The number of nitrogens with zero attached hydrogens (tertiary/aromatic N) is 2. The molecule has 2 aromatic carbocycles. The number of nitrogens with one attached hydrogen (secondary N) is 1. The van der Waals surface area contributed by atoms with E-state index < -0.39 is 17.9 Å². The van der Waals surface area contributed by atoms with Gasteiger partial charge in [-0.15, -0.1) is 0 Å². The number of amides is 1. The zero-order chi connectivity index (χ0) is 20.1. The molecule has 0 spiro atoms. The Morgan fingerprint density at radius 2 is 1.71 bits per heavy atom. The molecule has 0 saturated heterocycles. The zero-order valence-corrected chi connectivity index (χ0v) is 16.0. The van der Waals surface area contributed by atoms with Crippen molar-refractivity contribution in [3.63, 3.8) is 0 Å². The molecule has 0 radical (unpaired) electrons. The molecule has 1 aliphatic rings. The van der Waals surface area contributed by atoms with Crippen LogP contribution in [0.15, 0.2) is 48.5 Å². The SMILES string of the molecule is CC[C@@H](C)[C@@H](NC(=O)OCC1c2ccccc2-c2ccccc21)C(=O)C=[N+]=[N-]. The average Bonchev–Trinajstić information content (AvgIpc) is 3.04. The van der Waals surface area contributed by atoms with Crippen LogP contribution in [0.3, 0.4) is 0 Å². The van der Waals surface area contributed by atoms with Crippen molar-refractivity contribution in [2.24, 2.45) is 5.92 Å². The number of carbonyl (C=O) groups excluding carboxylic acids is 2. The van der Waals surface area contributed by atoms with Gasteiger partial charge in [-0.05, 0) is 28.2 Å². The van der Waals surface area contributed by atoms with Crippen LogP contribution in [0.4, 0.5) is 4.79 Å². The Hall–Kier alpha value is -3.24. The Bertz CT molecular complexity index is 889. The smallest absolute Gasteiger partial charge is 0.407 e. The molecule has 6 heteroatoms. The van der Waals surface area contributed by atoms with Crippen molar-refractivity contribution < 1.29 is 19.1 Å². The third-order valence-electron chi connectivity index (χ3n) is 5.32. The highest BCUT2D eigenvalue weighted by Gasteiger charge is 2.31. The summed E-state index contributed by atoms with van der Waals surface area (Å²) < 4.78 is 5.48. The molecule has 1 amide bonds. The van der Waals surface area contributed by atoms with Crippen LogP contribution < -0.4 is 5.32 Å². The predicted molar refractivity (Wildman–Crippen MR) is 106 cm³/mol. The Kier molecular flexibility index (Phi) is 6.02. The summed E-state index contributed by atoms with van der Waals surface area (Å²) in [6, 6.07) is 15.4. The minimum Gasteiger partial charge on any atom is -0.449 e. The number of benzene rings is 2. The van der Waals surface area contributed by atoms with Crippen molar-refractivity contribution in [1.82, 2.24) is 5.32 Å². The van der Waals surface area contributed by atoms with Crippen molar-refractivity contribution >= 4 is 18.1 Å². The fourth-order valence-corrected chi connectivity index (χ4v) is 3.63. The van der Waals surface area contributed by atoms with Gasteiger partial charge < -0.3 is 15.6 Å². The van der Waals surface area contributed by atoms with Gasteiger partial charge in [0.2, 0.25) is 0 Å². The summed E-state index contributed by atoms with van der Waals surface area (Å²) in [6.07, 6.45) is 0.826. The molecule has 0 heterocycles. The highest BCUT2D eigenvalue weighted by atomic mass is 16.5. The lowest BCUT2D eigenvalue weighted by molar-refractivity contribution is -0.118. The van der Waals surface area contributed by atoms with E-state index in [1.54, 1.807) is 0 Å². The lowest BCUT2D eigenvalue weighted by Gasteiger charge is -2.21. The number of Topliss-reactive ketones (excluding diaryl/α,β-unsaturated/α-hetero) is 1. The van der Waals surface area contributed by atoms with Crippen LogP contribution in [0.1, 0.15) is 37.3 Å². The fraction of sp³-hybridized carbons (Fsp3) is 0.318. The number of ketones is 1. The second-order valence-electron chi connectivity index (χ2n) is 6.98. The summed E-state index contributed by atoms with van der Waals surface area (Å²) in [5.74, 6) is -0.633. The highest BCUT2D eigenvalue weighted by molar-refractivity contribution is 6.28. The van der Waals surface area contributed by atoms with Crippen LogP contribution in [0, 0.1) is 5.92 Å². The summed E-state index contributed by atoms with van der Waals surface area (Å²) in [4.78, 5) is 27.2. The van der Waals surface area contributed by atoms with Crippen molar-refractivity contribution in [2.45, 2.75) is 32.2 Å². The summed E-state index contributed by atoms with van der Waals surface area (Å²) in [6.45, 7) is 3.94. The van der Waals surface area contributed by atoms with Gasteiger partial charge in [-0.2, -0.15) is 4.79 Å². The molecule has 0 aliphatic heterocycles. The van der Waals surface area contributed by atoms with Gasteiger partial charge in [-0.3, -0.25) is 4.79 Å². The van der Waals surface area contributed by atoms with Gasteiger partial charge in [0.25, 0.3) is 5.78 Å². The molecule has 144 valence electrons. The number of hydrogen-bond acceptors (Lipinski definition) is 3. The maximum atomic E-state index is 12.4. The number of carbonyl (C=O) groups is 2. The number of ether oxygens (including phenoxy) is 1. The van der Waals surface area contributed by atoms with E-state index in [0.29, 0.717) is 6.42 Å². The molecular weight excluding hydrogens is 354 g/mol. The number of fused-ring (bicyclic) bond motifs is 3. The fourth-order valence-electron chi connectivity index (χ4n) is 3.63. The molecule has 0 fully saturated rings. The summed E-state index contributed by atoms with van der Waals surface area (Å²) >= 11 is 0. The minimum absolute atomic E-state index is 0.0464. The molecule has 0 bridgehead atoms. The van der Waals surface area contributed by atoms with Gasteiger partial charge in [0.1, 0.15) is 12.6 Å². The van der Waals surface area contributed by atoms with Crippen LogP contribution in [-0.2, 0) is 9.53 Å². The van der Waals surface area contributed by atoms with E-state index >= 15 is 0 Å². The molecule has 0 saturated carbocycles. The summed E-state index contributed by atoms with van der Waals surface area (Å²) in [5.41, 5.74) is 13.2. The molecule has 2 aromatic rings. The topological polar surface area (TPSA) is 91.8 Å². The van der Waals surface area contributed by atoms with Crippen molar-refractivity contribution in [1.29, 1.82) is 0 Å². The molecule has 2 atom stereocenters. The van der Waals surface area contributed by atoms with Crippen LogP contribution in [0.2, 0.25) is 0 Å². The van der Waals surface area contributed by atoms with E-state index in [9.17, 15) is 9.59 Å². The van der Waals surface area contributed by atoms with Gasteiger partial charge in [-0.25, -0.2) is 4.79 Å². The average molecular weight is 377 g/mol. The summed E-state index contributed by atoms with van der Waals surface area (Å²) in [7, 11) is 0. The van der Waals surface area contributed by atoms with Crippen LogP contribution >= 0.6 is 0 Å². The van der Waals surface area contributed by atoms with Crippen LogP contribution in [0.25, 0.3) is 16.7 Å². The first-order chi connectivity index (χ1) is 13.6. The third-order valence-corrected chi connectivity index (χ3v) is 5.32. The number of rotatable bonds is 7. The quantitative estimate of drug-likeness (QED) is 0.452. The van der Waals surface area contributed by atoms with Crippen molar-refractivity contribution in [3.05, 3.63) is 65.2 Å². The third kappa shape index (κ3) is 3.87. The van der Waals surface area contributed by atoms with E-state index in [2.05, 4.69) is 22.2 Å². The van der Waals surface area contributed by atoms with Crippen LogP contribution in [0.5, 0.6) is 0 Å². The van der Waals surface area contributed by atoms with Gasteiger partial charge in [0, 0.05) is 5.92 Å². The van der Waals surface area contributed by atoms with Gasteiger partial charge >= 0.3 is 12.3 Å². The van der Waals surface area contributed by atoms with Gasteiger partial charge in [0.05, 0.1) is 0 Å². The Morgan fingerprint density at radius 1 is 1.14 bits per heavy atom. The van der Waals surface area contributed by atoms with E-state index in [1.165, 1.54) is 0 Å². The van der Waals surface area contributed by atoms with E-state index in [0.717, 1.165) is 28.5 Å². The zero-order valence-electron chi connectivity index (χ0n) is 16.0. The number of alkyl carbamates (subject to hydrolysis) is 1. The standard InChI is InChI=1S/C22H23N3O3/c1-3-14(2)21(20(26)12-24-23)25-22(27)28-13-19-17-10-6-4-8-15(17)16-9-5-7-11-18(16)19/h4-12,14,19,21H,3,13H2,1-2H3,(H,25,27)/t14-,21-/m1/s1. The first-order valence-corrected chi connectivity index (χ1v) is 9.39. The lowest BCUT2D eigenvalue weighted by Crippen LogP contribution is -2.46. The minimum atomic E-state index is -0.795. The maximum absolute atomic E-state index is 12.4. The second kappa shape index (κ2) is 8.63. The molecule has 1 aliphatic carbocycles. The Labute approximate surface area is 164 Å². The normalized spacial score (nSPS) is 14.2. The predicted octanol–water partition coefficient (Wildman–Crippen LogP) is 3.81. The van der Waals surface area contributed by atoms with E-state index in [1.807, 2.05) is 50.2 Å². The molecule has 6 nitrogen and oxygen atoms in total. The Balaban J connectivity index is 1.72. The highest BCUT2D eigenvalue weighted by Crippen LogP contribution is 2.44. The lowest BCUT2D eigenvalue weighted by atomic mass is 9.96. The second-order valence-corrected chi connectivity index (χ2v) is 6.98. The summed E-state index contributed by atoms with van der Waals surface area (Å²) in [5, 5.41) is 2.61. The molecule has 0 aromatic heterocycles. The largest absolute Gasteiger partial charge is 0.449 e. The van der Waals surface area contributed by atoms with E-state index in [4.69, 9.17) is 10.3 Å². The molecule has 3 rings (SSSR count). The Morgan fingerprint density at radius 3 is 2.25 bits per heavy atom. The van der Waals surface area contributed by atoms with Crippen molar-refractivity contribution in [3.8, 4) is 11.1 Å². The molecule has 1 N–H and O–H groups in total. The first-order valence-electron chi connectivity index (χ1n) is 9.39. The van der Waals surface area contributed by atoms with E-state index in [-0.39, 0.29) is 18.4 Å². The first kappa shape index (κ1) is 19.5.